The van der Waals surface area contributed by atoms with Crippen molar-refractivity contribution in [3.05, 3.63) is 27.7 Å². The van der Waals surface area contributed by atoms with E-state index < -0.39 is 0 Å². The topological polar surface area (TPSA) is 50.1 Å². The number of hydrogen-bond donors (Lipinski definition) is 0. The van der Waals surface area contributed by atoms with Crippen LogP contribution in [0.3, 0.4) is 0 Å². The van der Waals surface area contributed by atoms with Gasteiger partial charge in [-0.05, 0) is 41.9 Å². The number of hydrogen-bond acceptors (Lipinski definition) is 3. The molecule has 4 heteroatoms. The number of benzene rings is 1. The van der Waals surface area contributed by atoms with Gasteiger partial charge < -0.3 is 4.74 Å². The number of nitriles is 1. The molecule has 15 heavy (non-hydrogen) atoms. The summed E-state index contributed by atoms with van der Waals surface area (Å²) in [7, 11) is 0. The fourth-order valence-corrected chi connectivity index (χ4v) is 1.69. The Balaban J connectivity index is 3.42. The van der Waals surface area contributed by atoms with Gasteiger partial charge in [-0.15, -0.1) is 0 Å². The molecular formula is C11H10BrNO2. The third kappa shape index (κ3) is 2.37. The van der Waals surface area contributed by atoms with Crippen LogP contribution in [-0.4, -0.2) is 12.4 Å². The molecule has 0 unspecified atom stereocenters. The molecule has 0 radical (unpaired) electrons. The second-order valence-corrected chi connectivity index (χ2v) is 3.75. The summed E-state index contributed by atoms with van der Waals surface area (Å²) in [4.78, 5) is 11.3. The van der Waals surface area contributed by atoms with E-state index in [4.69, 9.17) is 10.00 Å². The summed E-state index contributed by atoms with van der Waals surface area (Å²) in [5.74, 6) is 0.299. The van der Waals surface area contributed by atoms with Crippen molar-refractivity contribution in [2.24, 2.45) is 0 Å². The number of rotatable bonds is 3. The van der Waals surface area contributed by atoms with E-state index in [1.165, 1.54) is 6.92 Å². The second-order valence-electron chi connectivity index (χ2n) is 2.90. The zero-order chi connectivity index (χ0) is 11.4. The largest absolute Gasteiger partial charge is 0.491 e. The van der Waals surface area contributed by atoms with Crippen LogP contribution in [-0.2, 0) is 0 Å². The smallest absolute Gasteiger partial charge is 0.161 e. The van der Waals surface area contributed by atoms with Crippen LogP contribution in [0.5, 0.6) is 5.75 Å². The number of nitrogens with zero attached hydrogens (tertiary/aromatic N) is 1. The van der Waals surface area contributed by atoms with Crippen LogP contribution in [0, 0.1) is 11.3 Å². The lowest BCUT2D eigenvalue weighted by Crippen LogP contribution is -2.02. The molecule has 0 saturated carbocycles. The summed E-state index contributed by atoms with van der Waals surface area (Å²) in [6.07, 6.45) is 0. The Labute approximate surface area is 96.8 Å². The number of ketones is 1. The van der Waals surface area contributed by atoms with E-state index in [1.807, 2.05) is 13.0 Å². The average Bonchev–Trinajstić information content (AvgIpc) is 2.20. The molecule has 0 N–H and O–H groups in total. The van der Waals surface area contributed by atoms with E-state index in [2.05, 4.69) is 15.9 Å². The van der Waals surface area contributed by atoms with E-state index in [0.29, 0.717) is 28.0 Å². The highest BCUT2D eigenvalue weighted by Crippen LogP contribution is 2.31. The summed E-state index contributed by atoms with van der Waals surface area (Å²) in [5, 5.41) is 9.00. The Bertz CT molecular complexity index is 435. The van der Waals surface area contributed by atoms with Gasteiger partial charge in [0.25, 0.3) is 0 Å². The molecule has 0 bridgehead atoms. The predicted octanol–water partition coefficient (Wildman–Crippen LogP) is 2.92. The number of carbonyl (C=O) groups excluding carboxylic acids is 1. The average molecular weight is 268 g/mol. The molecule has 0 spiro atoms. The zero-order valence-electron chi connectivity index (χ0n) is 8.50. The lowest BCUT2D eigenvalue weighted by Gasteiger charge is -2.09. The lowest BCUT2D eigenvalue weighted by atomic mass is 10.0. The van der Waals surface area contributed by atoms with E-state index in [-0.39, 0.29) is 5.78 Å². The molecular weight excluding hydrogens is 258 g/mol. The van der Waals surface area contributed by atoms with Gasteiger partial charge in [-0.1, -0.05) is 0 Å². The molecule has 1 aromatic rings. The van der Waals surface area contributed by atoms with Gasteiger partial charge in [0.2, 0.25) is 0 Å². The van der Waals surface area contributed by atoms with Gasteiger partial charge in [-0.25, -0.2) is 0 Å². The Morgan fingerprint density at radius 1 is 1.60 bits per heavy atom. The first-order chi connectivity index (χ1) is 7.11. The van der Waals surface area contributed by atoms with E-state index in [0.717, 1.165) is 0 Å². The molecule has 0 fully saturated rings. The molecule has 0 aliphatic carbocycles. The maximum atomic E-state index is 11.3. The highest BCUT2D eigenvalue weighted by Gasteiger charge is 2.15. The van der Waals surface area contributed by atoms with Crippen LogP contribution in [0.15, 0.2) is 16.6 Å². The van der Waals surface area contributed by atoms with Crippen molar-refractivity contribution >= 4 is 21.7 Å². The van der Waals surface area contributed by atoms with E-state index >= 15 is 0 Å². The van der Waals surface area contributed by atoms with E-state index in [1.54, 1.807) is 12.1 Å². The third-order valence-corrected chi connectivity index (χ3v) is 2.51. The maximum Gasteiger partial charge on any atom is 0.161 e. The van der Waals surface area contributed by atoms with Crippen molar-refractivity contribution in [3.8, 4) is 11.8 Å². The minimum absolute atomic E-state index is 0.139. The summed E-state index contributed by atoms with van der Waals surface area (Å²) in [5.41, 5.74) is 0.683. The van der Waals surface area contributed by atoms with Crippen molar-refractivity contribution < 1.29 is 9.53 Å². The van der Waals surface area contributed by atoms with Crippen LogP contribution < -0.4 is 4.74 Å². The monoisotopic (exact) mass is 267 g/mol. The molecule has 0 heterocycles. The van der Waals surface area contributed by atoms with Gasteiger partial charge in [-0.3, -0.25) is 4.79 Å². The normalized spacial score (nSPS) is 9.47. The highest BCUT2D eigenvalue weighted by atomic mass is 79.9. The van der Waals surface area contributed by atoms with Gasteiger partial charge in [0.15, 0.2) is 11.5 Å². The summed E-state index contributed by atoms with van der Waals surface area (Å²) in [6.45, 7) is 3.71. The van der Waals surface area contributed by atoms with Crippen molar-refractivity contribution in [2.45, 2.75) is 13.8 Å². The predicted molar refractivity (Wildman–Crippen MR) is 60.0 cm³/mol. The molecule has 0 aromatic heterocycles. The fraction of sp³-hybridized carbons (Fsp3) is 0.273. The minimum Gasteiger partial charge on any atom is -0.491 e. The van der Waals surface area contributed by atoms with Crippen molar-refractivity contribution in [1.29, 1.82) is 5.26 Å². The Morgan fingerprint density at radius 2 is 2.27 bits per heavy atom. The SMILES string of the molecule is CCOc1c(Br)ccc(C(C)=O)c1C#N. The summed E-state index contributed by atoms with van der Waals surface area (Å²) in [6, 6.07) is 5.32. The number of ether oxygens (including phenoxy) is 1. The molecule has 0 atom stereocenters. The van der Waals surface area contributed by atoms with Crippen LogP contribution in [0.4, 0.5) is 0 Å². The number of halogens is 1. The first-order valence-electron chi connectivity index (χ1n) is 4.48. The molecule has 0 saturated heterocycles. The first kappa shape index (κ1) is 11.7. The minimum atomic E-state index is -0.139. The lowest BCUT2D eigenvalue weighted by molar-refractivity contribution is 0.101. The van der Waals surface area contributed by atoms with E-state index in [9.17, 15) is 4.79 Å². The third-order valence-electron chi connectivity index (χ3n) is 1.89. The van der Waals surface area contributed by atoms with Crippen molar-refractivity contribution in [1.82, 2.24) is 0 Å². The van der Waals surface area contributed by atoms with Crippen LogP contribution in [0.2, 0.25) is 0 Å². The summed E-state index contributed by atoms with van der Waals surface area (Å²) < 4.78 is 6.01. The van der Waals surface area contributed by atoms with Crippen LogP contribution >= 0.6 is 15.9 Å². The standard InChI is InChI=1S/C11H10BrNO2/c1-3-15-11-9(6-13)8(7(2)14)4-5-10(11)12/h4-5H,3H2,1-2H3. The maximum absolute atomic E-state index is 11.3. The van der Waals surface area contributed by atoms with Gasteiger partial charge in [-0.2, -0.15) is 5.26 Å². The first-order valence-corrected chi connectivity index (χ1v) is 5.27. The molecule has 0 aliphatic heterocycles. The number of Topliss-reactive ketones (excluding diaryl/α,β-unsaturated/α-hetero) is 1. The van der Waals surface area contributed by atoms with Crippen LogP contribution in [0.1, 0.15) is 29.8 Å². The van der Waals surface area contributed by atoms with Crippen molar-refractivity contribution in [3.63, 3.8) is 0 Å². The molecule has 1 aromatic carbocycles. The fourth-order valence-electron chi connectivity index (χ4n) is 1.25. The Morgan fingerprint density at radius 3 is 2.73 bits per heavy atom. The summed E-state index contributed by atoms with van der Waals surface area (Å²) >= 11 is 3.28. The molecule has 0 amide bonds. The zero-order valence-corrected chi connectivity index (χ0v) is 10.1. The number of carbonyl (C=O) groups is 1. The quantitative estimate of drug-likeness (QED) is 0.792. The highest BCUT2D eigenvalue weighted by molar-refractivity contribution is 9.10. The Kier molecular flexibility index (Phi) is 3.87. The van der Waals surface area contributed by atoms with Gasteiger partial charge in [0.05, 0.1) is 11.1 Å². The van der Waals surface area contributed by atoms with Gasteiger partial charge >= 0.3 is 0 Å². The van der Waals surface area contributed by atoms with Crippen LogP contribution in [0.25, 0.3) is 0 Å². The molecule has 0 aliphatic rings. The second kappa shape index (κ2) is 4.94. The Hall–Kier alpha value is -1.34. The van der Waals surface area contributed by atoms with Gasteiger partial charge in [0.1, 0.15) is 11.6 Å². The molecule has 78 valence electrons. The molecule has 3 nitrogen and oxygen atoms in total. The van der Waals surface area contributed by atoms with Gasteiger partial charge in [0, 0.05) is 5.56 Å². The molecule has 1 rings (SSSR count). The van der Waals surface area contributed by atoms with Crippen molar-refractivity contribution in [2.75, 3.05) is 6.61 Å².